The van der Waals surface area contributed by atoms with E-state index in [2.05, 4.69) is 5.32 Å². The van der Waals surface area contributed by atoms with Gasteiger partial charge in [0, 0.05) is 0 Å². The monoisotopic (exact) mass is 293 g/mol. The highest BCUT2D eigenvalue weighted by atomic mass is 16.5. The molecule has 0 bridgehead atoms. The van der Waals surface area contributed by atoms with Crippen LogP contribution in [0.25, 0.3) is 0 Å². The topological polar surface area (TPSA) is 64.6 Å². The summed E-state index contributed by atoms with van der Waals surface area (Å²) in [5.74, 6) is -0.738. The highest BCUT2D eigenvalue weighted by molar-refractivity contribution is 5.85. The smallest absolute Gasteiger partial charge is 0.328 e. The summed E-state index contributed by atoms with van der Waals surface area (Å²) < 4.78 is 10.1. The summed E-state index contributed by atoms with van der Waals surface area (Å²) in [6, 6.07) is 8.96. The van der Waals surface area contributed by atoms with E-state index in [9.17, 15) is 9.59 Å². The molecule has 0 radical (unpaired) electrons. The molecular weight excluding hydrogens is 270 g/mol. The quantitative estimate of drug-likeness (QED) is 0.744. The lowest BCUT2D eigenvalue weighted by molar-refractivity contribution is -0.147. The summed E-state index contributed by atoms with van der Waals surface area (Å²) in [7, 11) is 1.32. The van der Waals surface area contributed by atoms with Crippen molar-refractivity contribution < 1.29 is 19.1 Å². The molecule has 0 unspecified atom stereocenters. The molecule has 1 amide bonds. The second kappa shape index (κ2) is 9.13. The Balaban J connectivity index is 2.41. The Hall–Kier alpha value is -1.88. The molecule has 2 atom stereocenters. The molecule has 1 N–H and O–H groups in total. The minimum absolute atomic E-state index is 0.00974. The van der Waals surface area contributed by atoms with Crippen molar-refractivity contribution in [2.45, 2.75) is 32.9 Å². The number of amides is 1. The lowest BCUT2D eigenvalue weighted by Gasteiger charge is -2.21. The van der Waals surface area contributed by atoms with Gasteiger partial charge >= 0.3 is 5.97 Å². The van der Waals surface area contributed by atoms with E-state index in [4.69, 9.17) is 9.47 Å². The van der Waals surface area contributed by atoms with Crippen molar-refractivity contribution in [3.63, 3.8) is 0 Å². The molecule has 5 nitrogen and oxygen atoms in total. The predicted octanol–water partition coefficient (Wildman–Crippen LogP) is 1.91. The van der Waals surface area contributed by atoms with Gasteiger partial charge in [-0.2, -0.15) is 0 Å². The van der Waals surface area contributed by atoms with Gasteiger partial charge in [0.25, 0.3) is 0 Å². The zero-order valence-corrected chi connectivity index (χ0v) is 12.8. The molecule has 0 aliphatic rings. The number of ether oxygens (including phenoxy) is 2. The Morgan fingerprint density at radius 2 is 1.90 bits per heavy atom. The lowest BCUT2D eigenvalue weighted by atomic mass is 9.99. The summed E-state index contributed by atoms with van der Waals surface area (Å²) >= 11 is 0. The van der Waals surface area contributed by atoms with Gasteiger partial charge in [0.1, 0.15) is 12.6 Å². The van der Waals surface area contributed by atoms with Gasteiger partial charge in [-0.3, -0.25) is 4.79 Å². The highest BCUT2D eigenvalue weighted by Gasteiger charge is 2.26. The maximum atomic E-state index is 11.8. The van der Waals surface area contributed by atoms with Gasteiger partial charge < -0.3 is 14.8 Å². The van der Waals surface area contributed by atoms with E-state index in [0.717, 1.165) is 12.0 Å². The number of esters is 1. The SMILES string of the molecule is CC[C@H](C)[C@H](NC(=O)COCc1ccccc1)C(=O)OC. The van der Waals surface area contributed by atoms with Crippen LogP contribution in [0.4, 0.5) is 0 Å². The minimum atomic E-state index is -0.632. The first-order valence-corrected chi connectivity index (χ1v) is 7.07. The minimum Gasteiger partial charge on any atom is -0.467 e. The molecule has 0 heterocycles. The third kappa shape index (κ3) is 5.95. The fourth-order valence-corrected chi connectivity index (χ4v) is 1.85. The van der Waals surface area contributed by atoms with Crippen LogP contribution in [0.15, 0.2) is 30.3 Å². The zero-order chi connectivity index (χ0) is 15.7. The van der Waals surface area contributed by atoms with E-state index in [1.54, 1.807) is 0 Å². The van der Waals surface area contributed by atoms with Crippen molar-refractivity contribution in [1.29, 1.82) is 0 Å². The van der Waals surface area contributed by atoms with Crippen molar-refractivity contribution in [3.05, 3.63) is 35.9 Å². The summed E-state index contributed by atoms with van der Waals surface area (Å²) in [6.45, 7) is 4.13. The van der Waals surface area contributed by atoms with Crippen molar-refractivity contribution in [1.82, 2.24) is 5.32 Å². The largest absolute Gasteiger partial charge is 0.467 e. The van der Waals surface area contributed by atoms with Crippen LogP contribution in [-0.2, 0) is 25.7 Å². The number of carbonyl (C=O) groups is 2. The number of hydrogen-bond donors (Lipinski definition) is 1. The van der Waals surface area contributed by atoms with E-state index in [1.807, 2.05) is 44.2 Å². The molecule has 0 saturated heterocycles. The number of rotatable bonds is 8. The van der Waals surface area contributed by atoms with Crippen LogP contribution in [0.1, 0.15) is 25.8 Å². The Bertz CT molecular complexity index is 447. The third-order valence-electron chi connectivity index (χ3n) is 3.33. The van der Waals surface area contributed by atoms with E-state index in [1.165, 1.54) is 7.11 Å². The highest BCUT2D eigenvalue weighted by Crippen LogP contribution is 2.09. The van der Waals surface area contributed by atoms with Crippen LogP contribution < -0.4 is 5.32 Å². The van der Waals surface area contributed by atoms with Gasteiger partial charge in [-0.15, -0.1) is 0 Å². The molecule has 1 aromatic rings. The molecule has 1 rings (SSSR count). The standard InChI is InChI=1S/C16H23NO4/c1-4-12(2)15(16(19)20-3)17-14(18)11-21-10-13-8-6-5-7-9-13/h5-9,12,15H,4,10-11H2,1-3H3,(H,17,18)/t12-,15-/m0/s1. The van der Waals surface area contributed by atoms with Crippen molar-refractivity contribution in [2.75, 3.05) is 13.7 Å². The number of benzene rings is 1. The van der Waals surface area contributed by atoms with Gasteiger partial charge in [-0.25, -0.2) is 4.79 Å². The maximum absolute atomic E-state index is 11.8. The second-order valence-electron chi connectivity index (χ2n) is 4.93. The molecule has 0 fully saturated rings. The Kier molecular flexibility index (Phi) is 7.46. The Morgan fingerprint density at radius 1 is 1.24 bits per heavy atom. The van der Waals surface area contributed by atoms with E-state index < -0.39 is 12.0 Å². The van der Waals surface area contributed by atoms with Crippen LogP contribution >= 0.6 is 0 Å². The van der Waals surface area contributed by atoms with Crippen molar-refractivity contribution in [2.24, 2.45) is 5.92 Å². The normalized spacial score (nSPS) is 13.3. The molecule has 1 aromatic carbocycles. The van der Waals surface area contributed by atoms with Crippen LogP contribution in [0.2, 0.25) is 0 Å². The molecule has 0 aromatic heterocycles. The Morgan fingerprint density at radius 3 is 2.48 bits per heavy atom. The summed E-state index contributed by atoms with van der Waals surface area (Å²) in [5.41, 5.74) is 0.997. The predicted molar refractivity (Wildman–Crippen MR) is 79.5 cm³/mol. The first kappa shape index (κ1) is 17.2. The number of carbonyl (C=O) groups excluding carboxylic acids is 2. The average molecular weight is 293 g/mol. The van der Waals surface area contributed by atoms with Gasteiger partial charge in [-0.1, -0.05) is 50.6 Å². The number of methoxy groups -OCH3 is 1. The molecule has 0 spiro atoms. The maximum Gasteiger partial charge on any atom is 0.328 e. The van der Waals surface area contributed by atoms with Crippen molar-refractivity contribution >= 4 is 11.9 Å². The van der Waals surface area contributed by atoms with Gasteiger partial charge in [0.05, 0.1) is 13.7 Å². The first-order chi connectivity index (χ1) is 10.1. The van der Waals surface area contributed by atoms with Crippen LogP contribution in [0.3, 0.4) is 0 Å². The van der Waals surface area contributed by atoms with Gasteiger partial charge in [0.15, 0.2) is 0 Å². The summed E-state index contributed by atoms with van der Waals surface area (Å²) in [6.07, 6.45) is 0.769. The number of nitrogens with one attached hydrogen (secondary N) is 1. The molecule has 5 heteroatoms. The average Bonchev–Trinajstić information content (AvgIpc) is 2.52. The second-order valence-corrected chi connectivity index (χ2v) is 4.93. The fraction of sp³-hybridized carbons (Fsp3) is 0.500. The fourth-order valence-electron chi connectivity index (χ4n) is 1.85. The van der Waals surface area contributed by atoms with Gasteiger partial charge in [0.2, 0.25) is 5.91 Å². The summed E-state index contributed by atoms with van der Waals surface area (Å²) in [4.78, 5) is 23.5. The van der Waals surface area contributed by atoms with Crippen LogP contribution in [0, 0.1) is 5.92 Å². The zero-order valence-electron chi connectivity index (χ0n) is 12.8. The molecule has 116 valence electrons. The Labute approximate surface area is 125 Å². The summed E-state index contributed by atoms with van der Waals surface area (Å²) in [5, 5.41) is 2.67. The van der Waals surface area contributed by atoms with Gasteiger partial charge in [-0.05, 0) is 11.5 Å². The van der Waals surface area contributed by atoms with Crippen LogP contribution in [-0.4, -0.2) is 31.6 Å². The molecule has 0 saturated carbocycles. The van der Waals surface area contributed by atoms with E-state index in [0.29, 0.717) is 6.61 Å². The third-order valence-corrected chi connectivity index (χ3v) is 3.33. The first-order valence-electron chi connectivity index (χ1n) is 7.07. The van der Waals surface area contributed by atoms with E-state index >= 15 is 0 Å². The molecular formula is C16H23NO4. The van der Waals surface area contributed by atoms with E-state index in [-0.39, 0.29) is 18.4 Å². The molecule has 21 heavy (non-hydrogen) atoms. The van der Waals surface area contributed by atoms with Crippen LogP contribution in [0.5, 0.6) is 0 Å². The molecule has 0 aliphatic carbocycles. The molecule has 0 aliphatic heterocycles. The lowest BCUT2D eigenvalue weighted by Crippen LogP contribution is -2.46. The number of hydrogen-bond acceptors (Lipinski definition) is 4. The van der Waals surface area contributed by atoms with Crippen molar-refractivity contribution in [3.8, 4) is 0 Å².